The molecule has 9 heteroatoms. The lowest BCUT2D eigenvalue weighted by Gasteiger charge is -2.11. The second kappa shape index (κ2) is 8.40. The number of oxazole rings is 1. The van der Waals surface area contributed by atoms with Crippen molar-refractivity contribution in [3.05, 3.63) is 59.8 Å². The average molecular weight is 447 g/mol. The lowest BCUT2D eigenvalue weighted by molar-refractivity contribution is 0.101. The molecule has 0 fully saturated rings. The predicted octanol–water partition coefficient (Wildman–Crippen LogP) is 6.55. The predicted molar refractivity (Wildman–Crippen MR) is 105 cm³/mol. The Kier molecular flexibility index (Phi) is 6.17. The number of rotatable bonds is 4. The van der Waals surface area contributed by atoms with Gasteiger partial charge in [0.2, 0.25) is 9.68 Å². The molecule has 1 aromatic heterocycles. The van der Waals surface area contributed by atoms with E-state index in [-0.39, 0.29) is 10.9 Å². The molecule has 3 rings (SSSR count). The van der Waals surface area contributed by atoms with Crippen LogP contribution in [0.5, 0.6) is 5.75 Å². The first kappa shape index (κ1) is 19.8. The second-order valence-electron chi connectivity index (χ2n) is 5.29. The first-order valence-corrected chi connectivity index (χ1v) is 9.06. The van der Waals surface area contributed by atoms with E-state index in [1.165, 1.54) is 0 Å². The van der Waals surface area contributed by atoms with Gasteiger partial charge in [-0.3, -0.25) is 0 Å². The van der Waals surface area contributed by atoms with E-state index in [0.717, 1.165) is 5.56 Å². The van der Waals surface area contributed by atoms with Gasteiger partial charge in [-0.2, -0.15) is 4.98 Å². The first-order valence-electron chi connectivity index (χ1n) is 7.55. The van der Waals surface area contributed by atoms with Gasteiger partial charge in [0, 0.05) is 11.1 Å². The lowest BCUT2D eigenvalue weighted by Crippen LogP contribution is -2.19. The number of ether oxygens (including phenoxy) is 2. The van der Waals surface area contributed by atoms with Crippen molar-refractivity contribution in [1.82, 2.24) is 4.98 Å². The molecule has 0 saturated carbocycles. The standard InChI is InChI=1S/C18H11Cl4NO4/c19-15-14(27-16(23-15)12-4-2-1-3-5-12)11-6-8-13(9-7-11)26-17(24)25-10-18(20,21)22/h1-9H,10H2. The van der Waals surface area contributed by atoms with Crippen molar-refractivity contribution < 1.29 is 18.7 Å². The molecule has 140 valence electrons. The lowest BCUT2D eigenvalue weighted by atomic mass is 10.2. The van der Waals surface area contributed by atoms with Gasteiger partial charge >= 0.3 is 6.16 Å². The molecule has 0 radical (unpaired) electrons. The van der Waals surface area contributed by atoms with Crippen LogP contribution in [0.25, 0.3) is 22.8 Å². The molecule has 0 unspecified atom stereocenters. The number of aromatic nitrogens is 1. The minimum absolute atomic E-state index is 0.226. The number of carbonyl (C=O) groups excluding carboxylic acids is 1. The van der Waals surface area contributed by atoms with E-state index in [9.17, 15) is 4.79 Å². The molecule has 0 bridgehead atoms. The number of carbonyl (C=O) groups is 1. The number of benzene rings is 2. The summed E-state index contributed by atoms with van der Waals surface area (Å²) < 4.78 is 13.7. The average Bonchev–Trinajstić information content (AvgIpc) is 3.03. The fourth-order valence-electron chi connectivity index (χ4n) is 2.12. The van der Waals surface area contributed by atoms with Crippen LogP contribution in [0.3, 0.4) is 0 Å². The summed E-state index contributed by atoms with van der Waals surface area (Å²) in [7, 11) is 0. The Labute approximate surface area is 174 Å². The Morgan fingerprint density at radius 2 is 1.67 bits per heavy atom. The summed E-state index contributed by atoms with van der Waals surface area (Å²) in [6.07, 6.45) is -0.988. The van der Waals surface area contributed by atoms with Crippen LogP contribution in [0.15, 0.2) is 59.0 Å². The first-order chi connectivity index (χ1) is 12.8. The van der Waals surface area contributed by atoms with E-state index in [4.69, 9.17) is 60.3 Å². The monoisotopic (exact) mass is 445 g/mol. The van der Waals surface area contributed by atoms with Crippen molar-refractivity contribution in [3.8, 4) is 28.5 Å². The Morgan fingerprint density at radius 1 is 1.00 bits per heavy atom. The highest BCUT2D eigenvalue weighted by atomic mass is 35.6. The molecule has 0 spiro atoms. The minimum Gasteiger partial charge on any atom is -0.434 e. The van der Waals surface area contributed by atoms with Crippen molar-refractivity contribution in [2.75, 3.05) is 6.61 Å². The van der Waals surface area contributed by atoms with Crippen molar-refractivity contribution in [1.29, 1.82) is 0 Å². The molecule has 0 N–H and O–H groups in total. The molecular weight excluding hydrogens is 436 g/mol. The molecule has 2 aromatic carbocycles. The van der Waals surface area contributed by atoms with Gasteiger partial charge in [0.05, 0.1) is 0 Å². The van der Waals surface area contributed by atoms with Crippen molar-refractivity contribution in [2.45, 2.75) is 3.79 Å². The highest BCUT2D eigenvalue weighted by Gasteiger charge is 2.23. The molecule has 1 heterocycles. The molecule has 0 aliphatic rings. The normalized spacial score (nSPS) is 11.3. The van der Waals surface area contributed by atoms with Gasteiger partial charge in [-0.1, -0.05) is 64.6 Å². The fraction of sp³-hybridized carbons (Fsp3) is 0.111. The van der Waals surface area contributed by atoms with Gasteiger partial charge in [0.1, 0.15) is 12.4 Å². The van der Waals surface area contributed by atoms with Crippen LogP contribution in [0.1, 0.15) is 0 Å². The second-order valence-corrected chi connectivity index (χ2v) is 8.16. The summed E-state index contributed by atoms with van der Waals surface area (Å²) in [4.78, 5) is 15.8. The summed E-state index contributed by atoms with van der Waals surface area (Å²) in [6.45, 7) is -0.426. The molecule has 0 amide bonds. The van der Waals surface area contributed by atoms with Crippen LogP contribution in [-0.2, 0) is 4.74 Å². The highest BCUT2D eigenvalue weighted by molar-refractivity contribution is 6.67. The summed E-state index contributed by atoms with van der Waals surface area (Å²) in [6, 6.07) is 15.8. The van der Waals surface area contributed by atoms with E-state index in [2.05, 4.69) is 4.98 Å². The van der Waals surface area contributed by atoms with E-state index >= 15 is 0 Å². The summed E-state index contributed by atoms with van der Waals surface area (Å²) in [5, 5.41) is 0.226. The van der Waals surface area contributed by atoms with Gasteiger partial charge in [-0.05, 0) is 36.4 Å². The smallest absolute Gasteiger partial charge is 0.434 e. The van der Waals surface area contributed by atoms with Crippen LogP contribution < -0.4 is 4.74 Å². The minimum atomic E-state index is -1.71. The van der Waals surface area contributed by atoms with Gasteiger partial charge in [0.25, 0.3) is 0 Å². The van der Waals surface area contributed by atoms with E-state index in [1.807, 2.05) is 30.3 Å². The number of halogens is 4. The molecule has 3 aromatic rings. The molecule has 0 atom stereocenters. The SMILES string of the molecule is O=C(OCC(Cl)(Cl)Cl)Oc1ccc(-c2oc(-c3ccccc3)nc2Cl)cc1. The fourth-order valence-corrected chi connectivity index (χ4v) is 2.51. The van der Waals surface area contributed by atoms with Crippen LogP contribution >= 0.6 is 46.4 Å². The van der Waals surface area contributed by atoms with E-state index in [0.29, 0.717) is 17.2 Å². The summed E-state index contributed by atoms with van der Waals surface area (Å²) in [5.74, 6) is 1.05. The highest BCUT2D eigenvalue weighted by Crippen LogP contribution is 2.33. The third-order valence-electron chi connectivity index (χ3n) is 3.28. The molecule has 0 aliphatic heterocycles. The Bertz CT molecular complexity index is 921. The maximum atomic E-state index is 11.6. The largest absolute Gasteiger partial charge is 0.513 e. The van der Waals surface area contributed by atoms with Crippen molar-refractivity contribution in [3.63, 3.8) is 0 Å². The number of hydrogen-bond donors (Lipinski definition) is 0. The molecule has 5 nitrogen and oxygen atoms in total. The third kappa shape index (κ3) is 5.53. The molecule has 0 saturated heterocycles. The Hall–Kier alpha value is -1.92. The third-order valence-corrected chi connectivity index (χ3v) is 3.86. The molecule has 27 heavy (non-hydrogen) atoms. The zero-order chi connectivity index (χ0) is 19.4. The van der Waals surface area contributed by atoms with Gasteiger partial charge in [0.15, 0.2) is 10.9 Å². The summed E-state index contributed by atoms with van der Waals surface area (Å²) in [5.41, 5.74) is 1.47. The van der Waals surface area contributed by atoms with Crippen LogP contribution in [0.4, 0.5) is 4.79 Å². The van der Waals surface area contributed by atoms with Gasteiger partial charge in [-0.25, -0.2) is 4.79 Å². The van der Waals surface area contributed by atoms with E-state index < -0.39 is 16.6 Å². The zero-order valence-electron chi connectivity index (χ0n) is 13.5. The zero-order valence-corrected chi connectivity index (χ0v) is 16.5. The Morgan fingerprint density at radius 3 is 2.30 bits per heavy atom. The van der Waals surface area contributed by atoms with Gasteiger partial charge < -0.3 is 13.9 Å². The topological polar surface area (TPSA) is 61.6 Å². The molecule has 0 aliphatic carbocycles. The quantitative estimate of drug-likeness (QED) is 0.258. The molecular formula is C18H11Cl4NO4. The maximum absolute atomic E-state index is 11.6. The maximum Gasteiger partial charge on any atom is 0.513 e. The summed E-state index contributed by atoms with van der Waals surface area (Å²) >= 11 is 22.7. The van der Waals surface area contributed by atoms with E-state index in [1.54, 1.807) is 24.3 Å². The van der Waals surface area contributed by atoms with Crippen molar-refractivity contribution in [2.24, 2.45) is 0 Å². The van der Waals surface area contributed by atoms with Gasteiger partial charge in [-0.15, -0.1) is 0 Å². The van der Waals surface area contributed by atoms with Crippen LogP contribution in [-0.4, -0.2) is 21.5 Å². The number of alkyl halides is 3. The number of nitrogens with zero attached hydrogens (tertiary/aromatic N) is 1. The van der Waals surface area contributed by atoms with Crippen molar-refractivity contribution >= 4 is 52.6 Å². The number of hydrogen-bond acceptors (Lipinski definition) is 5. The Balaban J connectivity index is 1.71. The van der Waals surface area contributed by atoms with Crippen LogP contribution in [0, 0.1) is 0 Å². The van der Waals surface area contributed by atoms with Crippen LogP contribution in [0.2, 0.25) is 5.15 Å².